The van der Waals surface area contributed by atoms with E-state index in [1.54, 1.807) is 5.38 Å². The molecule has 0 atom stereocenters. The molecule has 0 bridgehead atoms. The first-order valence-electron chi connectivity index (χ1n) is 7.85. The van der Waals surface area contributed by atoms with Gasteiger partial charge in [0.15, 0.2) is 0 Å². The average Bonchev–Trinajstić information content (AvgIpc) is 3.15. The van der Waals surface area contributed by atoms with Gasteiger partial charge in [0.25, 0.3) is 0 Å². The maximum atomic E-state index is 12.9. The number of benzene rings is 2. The number of hydrogen-bond acceptors (Lipinski definition) is 6. The molecule has 1 heterocycles. The summed E-state index contributed by atoms with van der Waals surface area (Å²) in [5.74, 6) is -1.29. The van der Waals surface area contributed by atoms with Crippen LogP contribution in [0.15, 0.2) is 64.9 Å². The number of carbonyl (C=O) groups excluding carboxylic acids is 1. The Morgan fingerprint density at radius 3 is 2.52 bits per heavy atom. The van der Waals surface area contributed by atoms with Gasteiger partial charge < -0.3 is 4.74 Å². The number of carbonyl (C=O) groups is 1. The molecule has 0 saturated carbocycles. The predicted molar refractivity (Wildman–Crippen MR) is 98.9 cm³/mol. The van der Waals surface area contributed by atoms with E-state index in [2.05, 4.69) is 9.71 Å². The molecule has 0 fully saturated rings. The second-order valence-corrected chi connectivity index (χ2v) is 8.07. The van der Waals surface area contributed by atoms with Crippen LogP contribution in [0.3, 0.4) is 0 Å². The van der Waals surface area contributed by atoms with Gasteiger partial charge in [-0.05, 0) is 24.3 Å². The van der Waals surface area contributed by atoms with Crippen LogP contribution in [-0.2, 0) is 26.2 Å². The fourth-order valence-corrected chi connectivity index (χ4v) is 3.92. The summed E-state index contributed by atoms with van der Waals surface area (Å²) in [6, 6.07) is 13.9. The van der Waals surface area contributed by atoms with Gasteiger partial charge in [0.1, 0.15) is 24.0 Å². The summed E-state index contributed by atoms with van der Waals surface area (Å²) in [6.07, 6.45) is 0. The van der Waals surface area contributed by atoms with Crippen LogP contribution in [-0.4, -0.2) is 25.9 Å². The maximum absolute atomic E-state index is 12.9. The van der Waals surface area contributed by atoms with E-state index in [9.17, 15) is 17.6 Å². The molecule has 0 radical (unpaired) electrons. The summed E-state index contributed by atoms with van der Waals surface area (Å²) in [4.78, 5) is 16.0. The Labute approximate surface area is 159 Å². The summed E-state index contributed by atoms with van der Waals surface area (Å²) >= 11 is 1.43. The van der Waals surface area contributed by atoms with E-state index in [0.29, 0.717) is 5.69 Å². The molecule has 9 heteroatoms. The summed E-state index contributed by atoms with van der Waals surface area (Å²) < 4.78 is 44.1. The number of nitrogens with one attached hydrogen (secondary N) is 1. The molecule has 0 aliphatic heterocycles. The Kier molecular flexibility index (Phi) is 5.94. The SMILES string of the molecule is O=C(CNS(=O)(=O)c1ccc(F)cc1)OCc1csc(-c2ccccc2)n1. The van der Waals surface area contributed by atoms with Crippen molar-refractivity contribution in [2.75, 3.05) is 6.54 Å². The number of rotatable bonds is 7. The van der Waals surface area contributed by atoms with E-state index in [0.717, 1.165) is 34.8 Å². The van der Waals surface area contributed by atoms with Crippen molar-refractivity contribution in [2.45, 2.75) is 11.5 Å². The molecule has 1 N–H and O–H groups in total. The van der Waals surface area contributed by atoms with E-state index in [1.165, 1.54) is 11.3 Å². The zero-order chi connectivity index (χ0) is 19.3. The Bertz CT molecular complexity index is 1020. The van der Waals surface area contributed by atoms with Crippen LogP contribution in [0.25, 0.3) is 10.6 Å². The number of hydrogen-bond donors (Lipinski definition) is 1. The van der Waals surface area contributed by atoms with E-state index in [-0.39, 0.29) is 11.5 Å². The second kappa shape index (κ2) is 8.38. The highest BCUT2D eigenvalue weighted by molar-refractivity contribution is 7.89. The molecule has 3 rings (SSSR count). The van der Waals surface area contributed by atoms with Crippen LogP contribution < -0.4 is 4.72 Å². The summed E-state index contributed by atoms with van der Waals surface area (Å²) in [6.45, 7) is -0.587. The van der Waals surface area contributed by atoms with Crippen LogP contribution >= 0.6 is 11.3 Å². The fourth-order valence-electron chi connectivity index (χ4n) is 2.14. The Balaban J connectivity index is 1.51. The van der Waals surface area contributed by atoms with Gasteiger partial charge in [0, 0.05) is 10.9 Å². The minimum absolute atomic E-state index is 0.0551. The van der Waals surface area contributed by atoms with Crippen LogP contribution in [0.1, 0.15) is 5.69 Å². The van der Waals surface area contributed by atoms with Crippen LogP contribution in [0.5, 0.6) is 0 Å². The largest absolute Gasteiger partial charge is 0.458 e. The van der Waals surface area contributed by atoms with Crippen molar-refractivity contribution in [2.24, 2.45) is 0 Å². The first-order valence-corrected chi connectivity index (χ1v) is 10.2. The zero-order valence-electron chi connectivity index (χ0n) is 14.0. The highest BCUT2D eigenvalue weighted by Gasteiger charge is 2.16. The zero-order valence-corrected chi connectivity index (χ0v) is 15.6. The number of aromatic nitrogens is 1. The molecule has 0 spiro atoms. The lowest BCUT2D eigenvalue weighted by Crippen LogP contribution is -2.30. The topological polar surface area (TPSA) is 85.4 Å². The van der Waals surface area contributed by atoms with Crippen LogP contribution in [0.4, 0.5) is 4.39 Å². The lowest BCUT2D eigenvalue weighted by Gasteiger charge is -2.06. The van der Waals surface area contributed by atoms with Crippen molar-refractivity contribution in [3.8, 4) is 10.6 Å². The van der Waals surface area contributed by atoms with Crippen LogP contribution in [0.2, 0.25) is 0 Å². The van der Waals surface area contributed by atoms with Gasteiger partial charge in [0.2, 0.25) is 10.0 Å². The molecule has 6 nitrogen and oxygen atoms in total. The fraction of sp³-hybridized carbons (Fsp3) is 0.111. The molecular formula is C18H15FN2O4S2. The van der Waals surface area contributed by atoms with Gasteiger partial charge in [0.05, 0.1) is 10.6 Å². The number of thiazole rings is 1. The van der Waals surface area contributed by atoms with E-state index in [1.807, 2.05) is 30.3 Å². The van der Waals surface area contributed by atoms with Crippen molar-refractivity contribution < 1.29 is 22.3 Å². The average molecular weight is 406 g/mol. The van der Waals surface area contributed by atoms with Crippen molar-refractivity contribution >= 4 is 27.3 Å². The van der Waals surface area contributed by atoms with Crippen LogP contribution in [0, 0.1) is 5.82 Å². The standard InChI is InChI=1S/C18H15FN2O4S2/c19-14-6-8-16(9-7-14)27(23,24)20-10-17(22)25-11-15-12-26-18(21-15)13-4-2-1-3-5-13/h1-9,12,20H,10-11H2. The first-order chi connectivity index (χ1) is 12.9. The Hall–Kier alpha value is -2.62. The molecule has 140 valence electrons. The molecule has 0 amide bonds. The summed E-state index contributed by atoms with van der Waals surface area (Å²) in [5, 5.41) is 2.58. The van der Waals surface area contributed by atoms with E-state index >= 15 is 0 Å². The minimum atomic E-state index is -3.92. The van der Waals surface area contributed by atoms with Crippen molar-refractivity contribution in [3.05, 3.63) is 71.5 Å². The predicted octanol–water partition coefficient (Wildman–Crippen LogP) is 2.97. The van der Waals surface area contributed by atoms with E-state index in [4.69, 9.17) is 4.74 Å². The smallest absolute Gasteiger partial charge is 0.321 e. The number of esters is 1. The molecule has 1 aromatic heterocycles. The maximum Gasteiger partial charge on any atom is 0.321 e. The number of nitrogens with zero attached hydrogens (tertiary/aromatic N) is 1. The number of sulfonamides is 1. The van der Waals surface area contributed by atoms with Gasteiger partial charge in [-0.2, -0.15) is 4.72 Å². The third kappa shape index (κ3) is 5.19. The van der Waals surface area contributed by atoms with Crippen molar-refractivity contribution in [1.82, 2.24) is 9.71 Å². The first kappa shape index (κ1) is 19.2. The van der Waals surface area contributed by atoms with Gasteiger partial charge in [-0.1, -0.05) is 30.3 Å². The lowest BCUT2D eigenvalue weighted by molar-refractivity contribution is -0.143. The second-order valence-electron chi connectivity index (χ2n) is 5.45. The van der Waals surface area contributed by atoms with E-state index < -0.39 is 28.4 Å². The van der Waals surface area contributed by atoms with Gasteiger partial charge in [-0.25, -0.2) is 17.8 Å². The number of ether oxygens (including phenoxy) is 1. The molecule has 0 saturated heterocycles. The summed E-state index contributed by atoms with van der Waals surface area (Å²) in [7, 11) is -3.92. The molecule has 2 aromatic carbocycles. The third-order valence-corrected chi connectivity index (χ3v) is 5.84. The lowest BCUT2D eigenvalue weighted by atomic mass is 10.2. The molecule has 0 aliphatic rings. The van der Waals surface area contributed by atoms with Gasteiger partial charge >= 0.3 is 5.97 Å². The minimum Gasteiger partial charge on any atom is -0.458 e. The Morgan fingerprint density at radius 1 is 1.11 bits per heavy atom. The van der Waals surface area contributed by atoms with Crippen molar-refractivity contribution in [3.63, 3.8) is 0 Å². The number of halogens is 1. The normalized spacial score (nSPS) is 11.3. The van der Waals surface area contributed by atoms with Crippen molar-refractivity contribution in [1.29, 1.82) is 0 Å². The highest BCUT2D eigenvalue weighted by atomic mass is 32.2. The molecule has 3 aromatic rings. The van der Waals surface area contributed by atoms with Gasteiger partial charge in [-0.15, -0.1) is 11.3 Å². The van der Waals surface area contributed by atoms with Gasteiger partial charge in [-0.3, -0.25) is 4.79 Å². The quantitative estimate of drug-likeness (QED) is 0.610. The Morgan fingerprint density at radius 2 is 1.81 bits per heavy atom. The molecular weight excluding hydrogens is 391 g/mol. The summed E-state index contributed by atoms with van der Waals surface area (Å²) in [5.41, 5.74) is 1.54. The third-order valence-electron chi connectivity index (χ3n) is 3.48. The molecule has 0 aliphatic carbocycles. The molecule has 0 unspecified atom stereocenters. The molecule has 27 heavy (non-hydrogen) atoms. The monoisotopic (exact) mass is 406 g/mol. The highest BCUT2D eigenvalue weighted by Crippen LogP contribution is 2.23.